The van der Waals surface area contributed by atoms with Gasteiger partial charge in [0, 0.05) is 24.7 Å². The summed E-state index contributed by atoms with van der Waals surface area (Å²) in [6, 6.07) is 16.0. The molecule has 7 heteroatoms. The molecule has 0 atom stereocenters. The molecule has 2 heterocycles. The van der Waals surface area contributed by atoms with Crippen LogP contribution in [0.2, 0.25) is 0 Å². The van der Waals surface area contributed by atoms with E-state index in [9.17, 15) is 9.90 Å². The Morgan fingerprint density at radius 1 is 1.04 bits per heavy atom. The maximum Gasteiger partial charge on any atom is 0.296 e. The Morgan fingerprint density at radius 2 is 1.78 bits per heavy atom. The van der Waals surface area contributed by atoms with Crippen molar-refractivity contribution in [3.8, 4) is 22.7 Å². The van der Waals surface area contributed by atoms with Crippen LogP contribution in [0.15, 0.2) is 59.4 Å². The quantitative estimate of drug-likeness (QED) is 0.739. The number of benzene rings is 2. The number of anilines is 2. The predicted octanol–water partition coefficient (Wildman–Crippen LogP) is 2.02. The lowest BCUT2D eigenvalue weighted by Gasteiger charge is -2.31. The molecule has 1 saturated heterocycles. The van der Waals surface area contributed by atoms with E-state index >= 15 is 0 Å². The van der Waals surface area contributed by atoms with Gasteiger partial charge < -0.3 is 20.5 Å². The molecule has 0 aliphatic carbocycles. The van der Waals surface area contributed by atoms with E-state index in [0.717, 1.165) is 5.56 Å². The van der Waals surface area contributed by atoms with Gasteiger partial charge in [-0.3, -0.25) is 4.79 Å². The molecule has 138 valence electrons. The zero-order chi connectivity index (χ0) is 18.8. The van der Waals surface area contributed by atoms with Crippen LogP contribution >= 0.6 is 0 Å². The van der Waals surface area contributed by atoms with Gasteiger partial charge in [0.25, 0.3) is 5.56 Å². The maximum atomic E-state index is 13.0. The molecule has 1 aliphatic heterocycles. The average Bonchev–Trinajstić information content (AvgIpc) is 2.71. The number of phenolic OH excluding ortho intramolecular Hbond substituents is 1. The minimum absolute atomic E-state index is 0.0540. The zero-order valence-electron chi connectivity index (χ0n) is 14.7. The highest BCUT2D eigenvalue weighted by Crippen LogP contribution is 2.33. The van der Waals surface area contributed by atoms with Gasteiger partial charge in [-0.15, -0.1) is 0 Å². The summed E-state index contributed by atoms with van der Waals surface area (Å²) < 4.78 is 6.67. The van der Waals surface area contributed by atoms with Gasteiger partial charge in [-0.2, -0.15) is 9.78 Å². The molecular weight excluding hydrogens is 344 g/mol. The Labute approximate surface area is 156 Å². The van der Waals surface area contributed by atoms with Gasteiger partial charge in [-0.1, -0.05) is 36.4 Å². The number of aromatic hydroxyl groups is 1. The Kier molecular flexibility index (Phi) is 4.52. The van der Waals surface area contributed by atoms with E-state index in [2.05, 4.69) is 5.10 Å². The summed E-state index contributed by atoms with van der Waals surface area (Å²) in [6.07, 6.45) is 0. The number of nitrogen functional groups attached to an aromatic ring is 1. The van der Waals surface area contributed by atoms with Gasteiger partial charge in [0.05, 0.1) is 24.6 Å². The van der Waals surface area contributed by atoms with Crippen LogP contribution in [0.4, 0.5) is 11.4 Å². The number of hydrogen-bond acceptors (Lipinski definition) is 6. The molecule has 3 N–H and O–H groups in total. The van der Waals surface area contributed by atoms with Gasteiger partial charge >= 0.3 is 0 Å². The summed E-state index contributed by atoms with van der Waals surface area (Å²) in [5.74, 6) is 0.0540. The molecule has 0 amide bonds. The van der Waals surface area contributed by atoms with Crippen molar-refractivity contribution in [1.82, 2.24) is 9.78 Å². The van der Waals surface area contributed by atoms with Crippen LogP contribution < -0.4 is 16.2 Å². The predicted molar refractivity (Wildman–Crippen MR) is 104 cm³/mol. The Bertz CT molecular complexity index is 1010. The molecule has 1 aromatic heterocycles. The van der Waals surface area contributed by atoms with Crippen LogP contribution in [0.3, 0.4) is 0 Å². The number of nitrogens with two attached hydrogens (primary N) is 1. The summed E-state index contributed by atoms with van der Waals surface area (Å²) in [7, 11) is 0. The molecule has 3 aromatic rings. The maximum absolute atomic E-state index is 13.0. The van der Waals surface area contributed by atoms with Crippen LogP contribution in [-0.4, -0.2) is 41.2 Å². The smallest absolute Gasteiger partial charge is 0.296 e. The summed E-state index contributed by atoms with van der Waals surface area (Å²) >= 11 is 0. The lowest BCUT2D eigenvalue weighted by Crippen LogP contribution is -2.39. The minimum Gasteiger partial charge on any atom is -0.508 e. The third-order valence-electron chi connectivity index (χ3n) is 4.55. The Balaban J connectivity index is 1.96. The number of phenols is 1. The molecule has 4 rings (SSSR count). The number of aromatic nitrogens is 2. The molecule has 0 radical (unpaired) electrons. The second-order valence-corrected chi connectivity index (χ2v) is 6.31. The van der Waals surface area contributed by atoms with E-state index in [1.54, 1.807) is 12.1 Å². The molecule has 1 fully saturated rings. The SMILES string of the molecule is Nc1c(N2CCOCC2)c(-c2ccccc2)nn(-c2cccc(O)c2)c1=O. The first-order chi connectivity index (χ1) is 13.1. The summed E-state index contributed by atoms with van der Waals surface area (Å²) in [5, 5.41) is 14.4. The van der Waals surface area contributed by atoms with Gasteiger partial charge in [0.2, 0.25) is 0 Å². The number of hydrogen-bond donors (Lipinski definition) is 2. The fourth-order valence-corrected chi connectivity index (χ4v) is 3.23. The van der Waals surface area contributed by atoms with Crippen molar-refractivity contribution in [3.63, 3.8) is 0 Å². The Hall–Kier alpha value is -3.32. The van der Waals surface area contributed by atoms with Gasteiger partial charge in [0.15, 0.2) is 0 Å². The summed E-state index contributed by atoms with van der Waals surface area (Å²) in [5.41, 5.74) is 8.60. The second-order valence-electron chi connectivity index (χ2n) is 6.31. The molecular formula is C20H20N4O3. The highest BCUT2D eigenvalue weighted by atomic mass is 16.5. The average molecular weight is 364 g/mol. The van der Waals surface area contributed by atoms with Gasteiger partial charge in [-0.05, 0) is 12.1 Å². The minimum atomic E-state index is -0.415. The molecule has 0 bridgehead atoms. The van der Waals surface area contributed by atoms with Crippen molar-refractivity contribution in [2.75, 3.05) is 36.9 Å². The molecule has 0 unspecified atom stereocenters. The highest BCUT2D eigenvalue weighted by Gasteiger charge is 2.24. The number of rotatable bonds is 3. The Morgan fingerprint density at radius 3 is 2.48 bits per heavy atom. The lowest BCUT2D eigenvalue weighted by molar-refractivity contribution is 0.123. The molecule has 0 saturated carbocycles. The van der Waals surface area contributed by atoms with Crippen molar-refractivity contribution >= 4 is 11.4 Å². The second kappa shape index (κ2) is 7.13. The third-order valence-corrected chi connectivity index (χ3v) is 4.55. The van der Waals surface area contributed by atoms with Crippen molar-refractivity contribution < 1.29 is 9.84 Å². The first-order valence-corrected chi connectivity index (χ1v) is 8.75. The van der Waals surface area contributed by atoms with Crippen LogP contribution in [-0.2, 0) is 4.74 Å². The van der Waals surface area contributed by atoms with Crippen LogP contribution in [0, 0.1) is 0 Å². The zero-order valence-corrected chi connectivity index (χ0v) is 14.7. The van der Waals surface area contributed by atoms with E-state index in [-0.39, 0.29) is 11.4 Å². The van der Waals surface area contributed by atoms with Crippen LogP contribution in [0.5, 0.6) is 5.75 Å². The lowest BCUT2D eigenvalue weighted by atomic mass is 10.1. The van der Waals surface area contributed by atoms with Crippen molar-refractivity contribution in [1.29, 1.82) is 0 Å². The largest absolute Gasteiger partial charge is 0.508 e. The van der Waals surface area contributed by atoms with E-state index in [1.165, 1.54) is 16.8 Å². The fraction of sp³-hybridized carbons (Fsp3) is 0.200. The molecule has 1 aliphatic rings. The van der Waals surface area contributed by atoms with Gasteiger partial charge in [-0.25, -0.2) is 0 Å². The molecule has 7 nitrogen and oxygen atoms in total. The topological polar surface area (TPSA) is 93.6 Å². The summed E-state index contributed by atoms with van der Waals surface area (Å²) in [4.78, 5) is 15.0. The van der Waals surface area contributed by atoms with E-state index in [4.69, 9.17) is 10.5 Å². The first-order valence-electron chi connectivity index (χ1n) is 8.75. The third kappa shape index (κ3) is 3.24. The highest BCUT2D eigenvalue weighted by molar-refractivity contribution is 5.83. The van der Waals surface area contributed by atoms with E-state index in [1.807, 2.05) is 35.2 Å². The van der Waals surface area contributed by atoms with Crippen LogP contribution in [0.1, 0.15) is 0 Å². The molecule has 0 spiro atoms. The van der Waals surface area contributed by atoms with E-state index in [0.29, 0.717) is 43.4 Å². The van der Waals surface area contributed by atoms with Gasteiger partial charge in [0.1, 0.15) is 17.1 Å². The normalized spacial score (nSPS) is 14.3. The fourth-order valence-electron chi connectivity index (χ4n) is 3.23. The van der Waals surface area contributed by atoms with Crippen molar-refractivity contribution in [3.05, 3.63) is 65.0 Å². The number of nitrogens with zero attached hydrogens (tertiary/aromatic N) is 3. The van der Waals surface area contributed by atoms with Crippen molar-refractivity contribution in [2.45, 2.75) is 0 Å². The molecule has 2 aromatic carbocycles. The first kappa shape index (κ1) is 17.1. The molecule has 27 heavy (non-hydrogen) atoms. The van der Waals surface area contributed by atoms with Crippen molar-refractivity contribution in [2.24, 2.45) is 0 Å². The number of morpholine rings is 1. The monoisotopic (exact) mass is 364 g/mol. The standard InChI is InChI=1S/C20H20N4O3/c21-17-19(23-9-11-27-12-10-23)18(14-5-2-1-3-6-14)22-24(20(17)26)15-7-4-8-16(25)13-15/h1-8,13,25H,9-12,21H2. The van der Waals surface area contributed by atoms with E-state index < -0.39 is 5.56 Å². The number of ether oxygens (including phenoxy) is 1. The summed E-state index contributed by atoms with van der Waals surface area (Å²) in [6.45, 7) is 2.43. The van der Waals surface area contributed by atoms with Crippen LogP contribution in [0.25, 0.3) is 16.9 Å².